The number of para-hydroxylation sites is 2. The maximum Gasteiger partial charge on any atom is 0.254 e. The van der Waals surface area contributed by atoms with E-state index in [0.717, 1.165) is 0 Å². The van der Waals surface area contributed by atoms with Gasteiger partial charge in [-0.25, -0.2) is 0 Å². The number of carbonyl (C=O) groups is 1. The van der Waals surface area contributed by atoms with Crippen molar-refractivity contribution >= 4 is 11.6 Å². The molecule has 4 nitrogen and oxygen atoms in total. The number of benzene rings is 1. The van der Waals surface area contributed by atoms with Crippen molar-refractivity contribution in [3.8, 4) is 5.75 Å². The first-order valence-electron chi connectivity index (χ1n) is 5.74. The van der Waals surface area contributed by atoms with Crippen molar-refractivity contribution in [3.63, 3.8) is 0 Å². The number of carbonyl (C=O) groups excluding carboxylic acids is 1. The van der Waals surface area contributed by atoms with Crippen LogP contribution in [0.4, 0.5) is 5.69 Å². The molecule has 0 aromatic heterocycles. The summed E-state index contributed by atoms with van der Waals surface area (Å²) >= 11 is 0. The van der Waals surface area contributed by atoms with Crippen molar-refractivity contribution in [1.29, 1.82) is 0 Å². The molecule has 1 amide bonds. The van der Waals surface area contributed by atoms with Crippen molar-refractivity contribution in [2.45, 2.75) is 32.8 Å². The third-order valence-electron chi connectivity index (χ3n) is 3.35. The molecule has 1 N–H and O–H groups in total. The highest BCUT2D eigenvalue weighted by Crippen LogP contribution is 2.38. The van der Waals surface area contributed by atoms with Crippen molar-refractivity contribution < 1.29 is 14.7 Å². The summed E-state index contributed by atoms with van der Waals surface area (Å²) in [6.07, 6.45) is 0.332. The Morgan fingerprint density at radius 3 is 2.59 bits per heavy atom. The Hall–Kier alpha value is -1.55. The Morgan fingerprint density at radius 1 is 1.41 bits per heavy atom. The molecule has 1 aromatic carbocycles. The quantitative estimate of drug-likeness (QED) is 0.856. The minimum atomic E-state index is -0.501. The maximum atomic E-state index is 11.9. The number of hydrogen-bond acceptors (Lipinski definition) is 3. The van der Waals surface area contributed by atoms with Gasteiger partial charge >= 0.3 is 0 Å². The first-order chi connectivity index (χ1) is 7.94. The van der Waals surface area contributed by atoms with Crippen molar-refractivity contribution in [2.75, 3.05) is 5.06 Å². The zero-order valence-corrected chi connectivity index (χ0v) is 10.3. The Bertz CT molecular complexity index is 444. The van der Waals surface area contributed by atoms with E-state index in [1.165, 1.54) is 11.1 Å². The van der Waals surface area contributed by atoms with E-state index in [2.05, 4.69) is 0 Å². The monoisotopic (exact) mass is 235 g/mol. The highest BCUT2D eigenvalue weighted by Gasteiger charge is 2.44. The topological polar surface area (TPSA) is 49.8 Å². The molecule has 0 spiro atoms. The van der Waals surface area contributed by atoms with Crippen LogP contribution in [0, 0.1) is 5.92 Å². The van der Waals surface area contributed by atoms with Gasteiger partial charge in [0.1, 0.15) is 17.0 Å². The highest BCUT2D eigenvalue weighted by molar-refractivity contribution is 5.95. The van der Waals surface area contributed by atoms with E-state index in [0.29, 0.717) is 12.1 Å². The van der Waals surface area contributed by atoms with E-state index in [-0.39, 0.29) is 17.6 Å². The second-order valence-electron chi connectivity index (χ2n) is 4.91. The summed E-state index contributed by atoms with van der Waals surface area (Å²) in [6.45, 7) is 5.94. The largest absolute Gasteiger partial charge is 0.506 e. The fourth-order valence-electron chi connectivity index (χ4n) is 1.79. The normalized spacial score (nSPS) is 24.7. The molecule has 1 unspecified atom stereocenters. The van der Waals surface area contributed by atoms with Crippen molar-refractivity contribution in [1.82, 2.24) is 0 Å². The van der Waals surface area contributed by atoms with E-state index in [4.69, 9.17) is 4.84 Å². The van der Waals surface area contributed by atoms with Gasteiger partial charge in [-0.2, -0.15) is 5.06 Å². The lowest BCUT2D eigenvalue weighted by Gasteiger charge is -2.27. The summed E-state index contributed by atoms with van der Waals surface area (Å²) in [7, 11) is 0. The van der Waals surface area contributed by atoms with Crippen molar-refractivity contribution in [2.24, 2.45) is 5.92 Å². The van der Waals surface area contributed by atoms with Crippen LogP contribution in [0.1, 0.15) is 27.2 Å². The predicted molar refractivity (Wildman–Crippen MR) is 64.5 cm³/mol. The molecule has 0 aliphatic carbocycles. The molecule has 4 heteroatoms. The number of hydroxylamine groups is 1. The van der Waals surface area contributed by atoms with Gasteiger partial charge in [-0.3, -0.25) is 9.63 Å². The van der Waals surface area contributed by atoms with Crippen LogP contribution < -0.4 is 5.06 Å². The molecule has 0 bridgehead atoms. The molecule has 92 valence electrons. The number of anilines is 1. The minimum Gasteiger partial charge on any atom is -0.506 e. The van der Waals surface area contributed by atoms with Gasteiger partial charge in [0.25, 0.3) is 5.91 Å². The molecular formula is C13H17NO3. The number of phenolic OH excluding ortho intramolecular Hbond substituents is 1. The molecule has 17 heavy (non-hydrogen) atoms. The second-order valence-corrected chi connectivity index (χ2v) is 4.91. The molecule has 1 saturated heterocycles. The van der Waals surface area contributed by atoms with Crippen LogP contribution in [0.25, 0.3) is 0 Å². The smallest absolute Gasteiger partial charge is 0.254 e. The zero-order chi connectivity index (χ0) is 12.6. The first-order valence-corrected chi connectivity index (χ1v) is 5.74. The molecule has 1 atom stereocenters. The molecule has 1 aromatic rings. The molecule has 1 fully saturated rings. The van der Waals surface area contributed by atoms with Crippen LogP contribution in [0.5, 0.6) is 5.75 Å². The molecule has 0 radical (unpaired) electrons. The molecule has 0 saturated carbocycles. The summed E-state index contributed by atoms with van der Waals surface area (Å²) in [5, 5.41) is 10.9. The van der Waals surface area contributed by atoms with Crippen LogP contribution >= 0.6 is 0 Å². The van der Waals surface area contributed by atoms with Crippen LogP contribution in [0.15, 0.2) is 24.3 Å². The van der Waals surface area contributed by atoms with Crippen LogP contribution in [0.2, 0.25) is 0 Å². The highest BCUT2D eigenvalue weighted by atomic mass is 16.7. The van der Waals surface area contributed by atoms with E-state index in [1.807, 2.05) is 20.8 Å². The average Bonchev–Trinajstić information content (AvgIpc) is 2.56. The Balaban J connectivity index is 2.31. The average molecular weight is 235 g/mol. The van der Waals surface area contributed by atoms with E-state index in [9.17, 15) is 9.90 Å². The Labute approximate surface area is 101 Å². The summed E-state index contributed by atoms with van der Waals surface area (Å²) in [6, 6.07) is 6.67. The summed E-state index contributed by atoms with van der Waals surface area (Å²) in [4.78, 5) is 17.7. The molecule has 1 aliphatic rings. The van der Waals surface area contributed by atoms with Gasteiger partial charge in [0, 0.05) is 0 Å². The summed E-state index contributed by atoms with van der Waals surface area (Å²) in [5.74, 6) is 0.152. The zero-order valence-electron chi connectivity index (χ0n) is 10.3. The molecule has 1 aliphatic heterocycles. The number of rotatable bonds is 2. The standard InChI is InChI=1S/C13H17NO3/c1-9(2)13(3)8-12(16)14(17-13)10-6-4-5-7-11(10)15/h4-7,9,15H,8H2,1-3H3. The SMILES string of the molecule is CC(C)C1(C)CC(=O)N(c2ccccc2O)O1. The number of hydrogen-bond donors (Lipinski definition) is 1. The summed E-state index contributed by atoms with van der Waals surface area (Å²) < 4.78 is 0. The fourth-order valence-corrected chi connectivity index (χ4v) is 1.79. The van der Waals surface area contributed by atoms with Gasteiger partial charge in [-0.1, -0.05) is 26.0 Å². The number of nitrogens with zero attached hydrogens (tertiary/aromatic N) is 1. The molecule has 1 heterocycles. The summed E-state index contributed by atoms with van der Waals surface area (Å²) in [5.41, 5.74) is -0.0961. The number of phenols is 1. The molecule has 2 rings (SSSR count). The maximum absolute atomic E-state index is 11.9. The van der Waals surface area contributed by atoms with Crippen molar-refractivity contribution in [3.05, 3.63) is 24.3 Å². The predicted octanol–water partition coefficient (Wildman–Crippen LogP) is 2.48. The lowest BCUT2D eigenvalue weighted by molar-refractivity contribution is -0.119. The van der Waals surface area contributed by atoms with Gasteiger partial charge in [0.05, 0.1) is 6.42 Å². The van der Waals surface area contributed by atoms with Crippen LogP contribution in [0.3, 0.4) is 0 Å². The van der Waals surface area contributed by atoms with Gasteiger partial charge in [-0.05, 0) is 25.0 Å². The lowest BCUT2D eigenvalue weighted by atomic mass is 9.90. The van der Waals surface area contributed by atoms with E-state index >= 15 is 0 Å². The van der Waals surface area contributed by atoms with E-state index < -0.39 is 5.60 Å². The van der Waals surface area contributed by atoms with Crippen LogP contribution in [-0.2, 0) is 9.63 Å². The first kappa shape index (κ1) is 11.9. The second kappa shape index (κ2) is 4.04. The third kappa shape index (κ3) is 2.00. The number of aromatic hydroxyl groups is 1. The lowest BCUT2D eigenvalue weighted by Crippen LogP contribution is -2.32. The molecular weight excluding hydrogens is 218 g/mol. The van der Waals surface area contributed by atoms with Gasteiger partial charge in [0.2, 0.25) is 0 Å². The van der Waals surface area contributed by atoms with Gasteiger partial charge in [0.15, 0.2) is 0 Å². The number of amides is 1. The Morgan fingerprint density at radius 2 is 2.06 bits per heavy atom. The minimum absolute atomic E-state index is 0.0499. The van der Waals surface area contributed by atoms with E-state index in [1.54, 1.807) is 18.2 Å². The van der Waals surface area contributed by atoms with Gasteiger partial charge in [-0.15, -0.1) is 0 Å². The third-order valence-corrected chi connectivity index (χ3v) is 3.35. The van der Waals surface area contributed by atoms with Crippen LogP contribution in [-0.4, -0.2) is 16.6 Å². The fraction of sp³-hybridized carbons (Fsp3) is 0.462. The van der Waals surface area contributed by atoms with Gasteiger partial charge < -0.3 is 5.11 Å². The Kier molecular flexibility index (Phi) is 2.83.